The Morgan fingerprint density at radius 2 is 1.20 bits per heavy atom. The van der Waals surface area contributed by atoms with Gasteiger partial charge in [-0.3, -0.25) is 4.57 Å². The number of hydrogen-bond donors (Lipinski definition) is 0. The molecule has 3 nitrogen and oxygen atoms in total. The van der Waals surface area contributed by atoms with Crippen LogP contribution in [-0.2, 0) is 0 Å². The summed E-state index contributed by atoms with van der Waals surface area (Å²) in [6, 6.07) is 47.9. The molecule has 0 aliphatic rings. The van der Waals surface area contributed by atoms with Crippen molar-refractivity contribution in [3.8, 4) is 17.2 Å². The molecule has 0 saturated carbocycles. The van der Waals surface area contributed by atoms with Gasteiger partial charge < -0.3 is 0 Å². The highest BCUT2D eigenvalue weighted by atomic mass is 32.1. The Morgan fingerprint density at radius 3 is 2.02 bits per heavy atom. The molecule has 0 saturated heterocycles. The highest BCUT2D eigenvalue weighted by Crippen LogP contribution is 2.49. The molecule has 0 bridgehead atoms. The van der Waals surface area contributed by atoms with Gasteiger partial charge in [0.2, 0.25) is 5.95 Å². The molecule has 0 spiro atoms. The van der Waals surface area contributed by atoms with Crippen molar-refractivity contribution in [2.45, 2.75) is 0 Å². The number of nitrogens with zero attached hydrogens (tertiary/aromatic N) is 3. The van der Waals surface area contributed by atoms with Crippen molar-refractivity contribution in [1.82, 2.24) is 14.5 Å². The number of para-hydroxylation sites is 1. The Labute approximate surface area is 263 Å². The quantitative estimate of drug-likeness (QED) is 0.188. The molecule has 208 valence electrons. The molecule has 0 unspecified atom stereocenters. The van der Waals surface area contributed by atoms with Crippen LogP contribution < -0.4 is 5.46 Å². The molecular formula is C40H24BN3S. The van der Waals surface area contributed by atoms with Gasteiger partial charge in [0.1, 0.15) is 7.85 Å². The second-order valence-electron chi connectivity index (χ2n) is 11.8. The van der Waals surface area contributed by atoms with Crippen molar-refractivity contribution in [1.29, 1.82) is 0 Å². The van der Waals surface area contributed by atoms with E-state index in [1.54, 1.807) is 0 Å². The first-order valence-electron chi connectivity index (χ1n) is 15.3. The van der Waals surface area contributed by atoms with Crippen LogP contribution in [0.3, 0.4) is 0 Å². The van der Waals surface area contributed by atoms with Gasteiger partial charge in [0, 0.05) is 37.2 Å². The molecule has 0 amide bonds. The lowest BCUT2D eigenvalue weighted by Gasteiger charge is -2.13. The van der Waals surface area contributed by atoms with Crippen molar-refractivity contribution in [2.75, 3.05) is 0 Å². The van der Waals surface area contributed by atoms with Crippen LogP contribution in [0.1, 0.15) is 0 Å². The lowest BCUT2D eigenvalue weighted by molar-refractivity contribution is 1.02. The highest BCUT2D eigenvalue weighted by Gasteiger charge is 2.24. The topological polar surface area (TPSA) is 30.7 Å². The molecule has 0 aliphatic carbocycles. The molecule has 45 heavy (non-hydrogen) atoms. The zero-order valence-corrected chi connectivity index (χ0v) is 25.3. The second kappa shape index (κ2) is 9.24. The normalized spacial score (nSPS) is 12.1. The van der Waals surface area contributed by atoms with Crippen molar-refractivity contribution in [2.24, 2.45) is 0 Å². The molecule has 0 aliphatic heterocycles. The van der Waals surface area contributed by atoms with Crippen molar-refractivity contribution in [3.63, 3.8) is 0 Å². The molecular weight excluding hydrogens is 565 g/mol. The summed E-state index contributed by atoms with van der Waals surface area (Å²) in [5.74, 6) is 0.689. The number of thiophene rings is 1. The first-order chi connectivity index (χ1) is 22.2. The molecule has 10 aromatic rings. The van der Waals surface area contributed by atoms with Gasteiger partial charge in [-0.2, -0.15) is 0 Å². The Bertz CT molecular complexity index is 2830. The van der Waals surface area contributed by atoms with E-state index in [2.05, 4.69) is 146 Å². The summed E-state index contributed by atoms with van der Waals surface area (Å²) in [6.07, 6.45) is 0. The van der Waals surface area contributed by atoms with Gasteiger partial charge in [-0.15, -0.1) is 11.3 Å². The molecule has 10 rings (SSSR count). The molecule has 5 heteroatoms. The molecule has 7 aromatic carbocycles. The Kier molecular flexibility index (Phi) is 5.11. The number of aromatic nitrogens is 3. The number of rotatable bonds is 2. The number of benzene rings is 7. The zero-order valence-electron chi connectivity index (χ0n) is 24.5. The fourth-order valence-corrected chi connectivity index (χ4v) is 8.50. The summed E-state index contributed by atoms with van der Waals surface area (Å²) in [5, 5.41) is 11.1. The van der Waals surface area contributed by atoms with Gasteiger partial charge in [0.25, 0.3) is 0 Å². The SMILES string of the molecule is Bc1ccc(-c2nc(-n3c4ccc5ccccc5c4c4c5ccccc5c5c6ccccc6sc5c43)nc3ccccc23)cc1. The Morgan fingerprint density at radius 1 is 0.533 bits per heavy atom. The van der Waals surface area contributed by atoms with E-state index in [0.29, 0.717) is 5.95 Å². The third-order valence-corrected chi connectivity index (χ3v) is 10.4. The molecule has 3 aromatic heterocycles. The second-order valence-corrected chi connectivity index (χ2v) is 12.9. The first kappa shape index (κ1) is 24.9. The third kappa shape index (κ3) is 3.47. The summed E-state index contributed by atoms with van der Waals surface area (Å²) in [5.41, 5.74) is 6.47. The standard InChI is InChI=1S/C40H24BN3S/c41-25-20-17-24(18-21-25)37-29-13-5-7-15-31(29)42-40(43-37)44-32-22-19-23-9-1-2-10-26(23)35(32)36-28-12-4-3-11-27(28)34-30-14-6-8-16-33(30)45-39(34)38(36)44/h1-22H,41H2. The fraction of sp³-hybridized carbons (Fsp3) is 0. The maximum Gasteiger partial charge on any atom is 0.235 e. The number of fused-ring (bicyclic) bond motifs is 13. The van der Waals surface area contributed by atoms with Crippen molar-refractivity contribution in [3.05, 3.63) is 133 Å². The summed E-state index contributed by atoms with van der Waals surface area (Å²) in [6.45, 7) is 0. The first-order valence-corrected chi connectivity index (χ1v) is 16.1. The zero-order chi connectivity index (χ0) is 29.6. The molecule has 3 heterocycles. The van der Waals surface area contributed by atoms with Crippen molar-refractivity contribution < 1.29 is 0 Å². The van der Waals surface area contributed by atoms with Crippen molar-refractivity contribution >= 4 is 99.1 Å². The summed E-state index contributed by atoms with van der Waals surface area (Å²) in [4.78, 5) is 10.7. The summed E-state index contributed by atoms with van der Waals surface area (Å²) in [7, 11) is 2.12. The van der Waals surface area contributed by atoms with Gasteiger partial charge in [0.15, 0.2) is 0 Å². The Hall–Kier alpha value is -5.52. The molecule has 0 N–H and O–H groups in total. The van der Waals surface area contributed by atoms with Crippen LogP contribution in [0.25, 0.3) is 91.6 Å². The average molecular weight is 590 g/mol. The van der Waals surface area contributed by atoms with E-state index in [9.17, 15) is 0 Å². The monoisotopic (exact) mass is 589 g/mol. The van der Waals surface area contributed by atoms with Gasteiger partial charge in [-0.25, -0.2) is 9.97 Å². The molecule has 0 radical (unpaired) electrons. The predicted molar refractivity (Wildman–Crippen MR) is 195 cm³/mol. The summed E-state index contributed by atoms with van der Waals surface area (Å²) < 4.78 is 4.89. The minimum atomic E-state index is 0.689. The minimum Gasteiger partial charge on any atom is -0.276 e. The van der Waals surface area contributed by atoms with Crippen LogP contribution in [0, 0.1) is 0 Å². The lowest BCUT2D eigenvalue weighted by atomic mass is 9.94. The van der Waals surface area contributed by atoms with Crippen LogP contribution in [-0.4, -0.2) is 22.4 Å². The van der Waals surface area contributed by atoms with Crippen LogP contribution in [0.4, 0.5) is 0 Å². The van der Waals surface area contributed by atoms with E-state index in [-0.39, 0.29) is 0 Å². The van der Waals surface area contributed by atoms with E-state index >= 15 is 0 Å². The number of hydrogen-bond acceptors (Lipinski definition) is 3. The van der Waals surface area contributed by atoms with E-state index in [0.717, 1.165) is 27.7 Å². The predicted octanol–water partition coefficient (Wildman–Crippen LogP) is 9.33. The van der Waals surface area contributed by atoms with Gasteiger partial charge in [-0.1, -0.05) is 121 Å². The largest absolute Gasteiger partial charge is 0.276 e. The van der Waals surface area contributed by atoms with E-state index < -0.39 is 0 Å². The van der Waals surface area contributed by atoms with E-state index in [1.165, 1.54) is 63.5 Å². The molecule has 0 fully saturated rings. The fourth-order valence-electron chi connectivity index (χ4n) is 7.24. The Balaban J connectivity index is 1.48. The maximum absolute atomic E-state index is 5.42. The van der Waals surface area contributed by atoms with Gasteiger partial charge in [0.05, 0.1) is 26.9 Å². The average Bonchev–Trinajstić information content (AvgIpc) is 3.65. The lowest BCUT2D eigenvalue weighted by Crippen LogP contribution is -2.04. The van der Waals surface area contributed by atoms with Crippen LogP contribution in [0.5, 0.6) is 0 Å². The summed E-state index contributed by atoms with van der Waals surface area (Å²) >= 11 is 1.86. The van der Waals surface area contributed by atoms with Crippen LogP contribution in [0.2, 0.25) is 0 Å². The minimum absolute atomic E-state index is 0.689. The smallest absolute Gasteiger partial charge is 0.235 e. The van der Waals surface area contributed by atoms with Crippen LogP contribution >= 0.6 is 11.3 Å². The highest BCUT2D eigenvalue weighted by molar-refractivity contribution is 7.27. The van der Waals surface area contributed by atoms with Gasteiger partial charge >= 0.3 is 0 Å². The van der Waals surface area contributed by atoms with Crippen LogP contribution in [0.15, 0.2) is 133 Å². The van der Waals surface area contributed by atoms with Gasteiger partial charge in [-0.05, 0) is 39.7 Å². The van der Waals surface area contributed by atoms with E-state index in [1.807, 2.05) is 11.3 Å². The maximum atomic E-state index is 5.42. The molecule has 0 atom stereocenters. The third-order valence-electron chi connectivity index (χ3n) is 9.25. The van der Waals surface area contributed by atoms with E-state index in [4.69, 9.17) is 9.97 Å².